The number of benzene rings is 1. The largest absolute Gasteiger partial charge is 0.443 e. The van der Waals surface area contributed by atoms with Gasteiger partial charge in [-0.1, -0.05) is 18.2 Å². The number of nitrogens with zero attached hydrogens (tertiary/aromatic N) is 1. The average Bonchev–Trinajstić information content (AvgIpc) is 3.12. The fourth-order valence-electron chi connectivity index (χ4n) is 3.30. The first kappa shape index (κ1) is 16.5. The molecule has 2 atom stereocenters. The van der Waals surface area contributed by atoms with Crippen molar-refractivity contribution in [2.45, 2.75) is 44.4 Å². The smallest absolute Gasteiger partial charge is 0.414 e. The minimum atomic E-state index is -1.52. The van der Waals surface area contributed by atoms with Gasteiger partial charge < -0.3 is 18.9 Å². The molecule has 0 aliphatic carbocycles. The van der Waals surface area contributed by atoms with Crippen molar-refractivity contribution in [3.63, 3.8) is 0 Å². The number of rotatable bonds is 0. The highest BCUT2D eigenvalue weighted by molar-refractivity contribution is 5.98. The lowest BCUT2D eigenvalue weighted by Crippen LogP contribution is -2.47. The first-order valence-electron chi connectivity index (χ1n) is 8.39. The molecule has 134 valence electrons. The molecule has 25 heavy (non-hydrogen) atoms. The third kappa shape index (κ3) is 2.72. The van der Waals surface area contributed by atoms with Gasteiger partial charge >= 0.3 is 6.09 Å². The van der Waals surface area contributed by atoms with Gasteiger partial charge in [0.1, 0.15) is 11.7 Å². The van der Waals surface area contributed by atoms with Crippen LogP contribution in [0, 0.1) is 0 Å². The quantitative estimate of drug-likeness (QED) is 0.668. The lowest BCUT2D eigenvalue weighted by molar-refractivity contribution is -0.186. The highest BCUT2D eigenvalue weighted by atomic mass is 16.7. The van der Waals surface area contributed by atoms with Gasteiger partial charge in [-0.15, -0.1) is 0 Å². The van der Waals surface area contributed by atoms with Crippen molar-refractivity contribution in [2.24, 2.45) is 0 Å². The number of carbonyl (C=O) groups excluding carboxylic acids is 2. The number of amides is 1. The molecular formula is C18H21NO6. The van der Waals surface area contributed by atoms with Crippen LogP contribution >= 0.6 is 0 Å². The van der Waals surface area contributed by atoms with Crippen LogP contribution in [0.1, 0.15) is 26.3 Å². The van der Waals surface area contributed by atoms with Crippen LogP contribution < -0.4 is 4.90 Å². The molecule has 2 saturated heterocycles. The molecule has 0 aromatic heterocycles. The van der Waals surface area contributed by atoms with E-state index in [0.717, 1.165) is 0 Å². The molecule has 4 rings (SSSR count). The maximum absolute atomic E-state index is 12.9. The molecule has 2 fully saturated rings. The second-order valence-electron chi connectivity index (χ2n) is 7.38. The molecule has 3 aliphatic heterocycles. The van der Waals surface area contributed by atoms with Crippen molar-refractivity contribution in [3.05, 3.63) is 29.8 Å². The minimum Gasteiger partial charge on any atom is -0.443 e. The maximum Gasteiger partial charge on any atom is 0.414 e. The first-order chi connectivity index (χ1) is 11.8. The highest BCUT2D eigenvalue weighted by Gasteiger charge is 2.60. The van der Waals surface area contributed by atoms with Gasteiger partial charge in [0.05, 0.1) is 25.4 Å². The summed E-state index contributed by atoms with van der Waals surface area (Å²) in [7, 11) is 0. The molecule has 1 aromatic rings. The van der Waals surface area contributed by atoms with Gasteiger partial charge in [-0.25, -0.2) is 4.79 Å². The van der Waals surface area contributed by atoms with E-state index in [0.29, 0.717) is 24.5 Å². The van der Waals surface area contributed by atoms with Gasteiger partial charge in [0, 0.05) is 5.56 Å². The molecule has 0 bridgehead atoms. The average molecular weight is 347 g/mol. The summed E-state index contributed by atoms with van der Waals surface area (Å²) in [5.41, 5.74) is 0.421. The molecule has 7 heteroatoms. The van der Waals surface area contributed by atoms with E-state index < -0.39 is 23.6 Å². The van der Waals surface area contributed by atoms with Gasteiger partial charge in [-0.3, -0.25) is 9.69 Å². The zero-order valence-electron chi connectivity index (χ0n) is 14.5. The highest BCUT2D eigenvalue weighted by Crippen LogP contribution is 2.45. The number of hydrogen-bond donors (Lipinski definition) is 0. The molecular weight excluding hydrogens is 326 g/mol. The van der Waals surface area contributed by atoms with E-state index in [9.17, 15) is 9.59 Å². The van der Waals surface area contributed by atoms with Crippen LogP contribution in [0.15, 0.2) is 24.3 Å². The molecule has 3 aliphatic rings. The number of ketones is 1. The lowest BCUT2D eigenvalue weighted by atomic mass is 9.93. The van der Waals surface area contributed by atoms with Crippen molar-refractivity contribution in [1.82, 2.24) is 0 Å². The van der Waals surface area contributed by atoms with E-state index in [2.05, 4.69) is 0 Å². The second kappa shape index (κ2) is 5.52. The summed E-state index contributed by atoms with van der Waals surface area (Å²) in [6, 6.07) is 7.11. The van der Waals surface area contributed by atoms with E-state index in [1.165, 1.54) is 4.90 Å². The summed E-state index contributed by atoms with van der Waals surface area (Å²) in [5, 5.41) is 0. The third-order valence-electron chi connectivity index (χ3n) is 4.39. The monoisotopic (exact) mass is 347 g/mol. The zero-order valence-corrected chi connectivity index (χ0v) is 14.5. The lowest BCUT2D eigenvalue weighted by Gasteiger charge is -2.34. The Morgan fingerprint density at radius 3 is 2.60 bits per heavy atom. The van der Waals surface area contributed by atoms with Crippen LogP contribution in [0.25, 0.3) is 0 Å². The summed E-state index contributed by atoms with van der Waals surface area (Å²) >= 11 is 0. The molecule has 1 aromatic carbocycles. The van der Waals surface area contributed by atoms with Gasteiger partial charge in [0.25, 0.3) is 5.79 Å². The summed E-state index contributed by atoms with van der Waals surface area (Å²) in [5.74, 6) is -1.76. The number of para-hydroxylation sites is 1. The first-order valence-corrected chi connectivity index (χ1v) is 8.39. The fourth-order valence-corrected chi connectivity index (χ4v) is 3.30. The fraction of sp³-hybridized carbons (Fsp3) is 0.556. The van der Waals surface area contributed by atoms with Crippen LogP contribution in [-0.2, 0) is 29.5 Å². The van der Waals surface area contributed by atoms with Crippen LogP contribution in [0.4, 0.5) is 10.5 Å². The van der Waals surface area contributed by atoms with Crippen LogP contribution in [0.2, 0.25) is 0 Å². The Hall–Kier alpha value is -1.96. The van der Waals surface area contributed by atoms with E-state index in [-0.39, 0.29) is 18.4 Å². The Bertz CT molecular complexity index is 719. The molecule has 0 saturated carbocycles. The number of anilines is 1. The molecule has 1 amide bonds. The van der Waals surface area contributed by atoms with Crippen molar-refractivity contribution in [1.29, 1.82) is 0 Å². The van der Waals surface area contributed by atoms with Crippen LogP contribution in [0.5, 0.6) is 0 Å². The molecule has 0 radical (unpaired) electrons. The van der Waals surface area contributed by atoms with Crippen LogP contribution in [0.3, 0.4) is 0 Å². The third-order valence-corrected chi connectivity index (χ3v) is 4.39. The molecule has 3 heterocycles. The standard InChI is InChI=1S/C18H21NO6/c1-17(2,3)25-16(21)19-10-13-14(24-13)15(20)18(22-8-9-23-18)11-6-4-5-7-12(11)19/h4-7,13-14H,8-10H2,1-3H3/t13-,14-/m1/s1. The Balaban J connectivity index is 1.81. The van der Waals surface area contributed by atoms with Crippen molar-refractivity contribution >= 4 is 17.6 Å². The SMILES string of the molecule is CC(C)(C)OC(=O)N1C[C@H]2O[C@H]2C(=O)C2(OCCO2)c2ccccc21. The van der Waals surface area contributed by atoms with Crippen LogP contribution in [-0.4, -0.2) is 49.4 Å². The van der Waals surface area contributed by atoms with E-state index in [1.807, 2.05) is 20.8 Å². The molecule has 7 nitrogen and oxygen atoms in total. The predicted octanol–water partition coefficient (Wildman–Crippen LogP) is 1.98. The van der Waals surface area contributed by atoms with Crippen molar-refractivity contribution in [3.8, 4) is 0 Å². The second-order valence-corrected chi connectivity index (χ2v) is 7.38. The van der Waals surface area contributed by atoms with E-state index >= 15 is 0 Å². The zero-order chi connectivity index (χ0) is 17.8. The Kier molecular flexibility index (Phi) is 3.64. The van der Waals surface area contributed by atoms with Gasteiger partial charge in [-0.05, 0) is 26.8 Å². The Labute approximate surface area is 145 Å². The van der Waals surface area contributed by atoms with E-state index in [4.69, 9.17) is 18.9 Å². The summed E-state index contributed by atoms with van der Waals surface area (Å²) < 4.78 is 22.6. The topological polar surface area (TPSA) is 77.6 Å². The summed E-state index contributed by atoms with van der Waals surface area (Å²) in [4.78, 5) is 27.2. The van der Waals surface area contributed by atoms with Gasteiger partial charge in [0.15, 0.2) is 6.10 Å². The van der Waals surface area contributed by atoms with Gasteiger partial charge in [0.2, 0.25) is 5.78 Å². The number of Topliss-reactive ketones (excluding diaryl/α,β-unsaturated/α-hetero) is 1. The van der Waals surface area contributed by atoms with E-state index in [1.54, 1.807) is 24.3 Å². The minimum absolute atomic E-state index is 0.244. The Morgan fingerprint density at radius 1 is 1.24 bits per heavy atom. The number of epoxide rings is 1. The van der Waals surface area contributed by atoms with Crippen molar-refractivity contribution < 1.29 is 28.5 Å². The number of hydrogen-bond acceptors (Lipinski definition) is 6. The van der Waals surface area contributed by atoms with Crippen molar-refractivity contribution in [2.75, 3.05) is 24.7 Å². The molecule has 0 N–H and O–H groups in total. The summed E-state index contributed by atoms with van der Waals surface area (Å²) in [6.45, 7) is 6.30. The molecule has 1 spiro atoms. The maximum atomic E-state index is 12.9. The normalized spacial score (nSPS) is 27.3. The predicted molar refractivity (Wildman–Crippen MR) is 87.3 cm³/mol. The summed E-state index contributed by atoms with van der Waals surface area (Å²) in [6.07, 6.45) is -1.49. The number of ether oxygens (including phenoxy) is 4. The van der Waals surface area contributed by atoms with Gasteiger partial charge in [-0.2, -0.15) is 0 Å². The number of fused-ring (bicyclic) bond motifs is 3. The number of carbonyl (C=O) groups is 2. The molecule has 0 unspecified atom stereocenters. The Morgan fingerprint density at radius 2 is 1.92 bits per heavy atom.